The van der Waals surface area contributed by atoms with Crippen molar-refractivity contribution in [1.29, 1.82) is 0 Å². The van der Waals surface area contributed by atoms with Crippen molar-refractivity contribution in [2.45, 2.75) is 17.5 Å². The minimum atomic E-state index is -0.148. The van der Waals surface area contributed by atoms with Crippen molar-refractivity contribution in [2.24, 2.45) is 0 Å². The van der Waals surface area contributed by atoms with E-state index in [1.807, 2.05) is 14.1 Å². The minimum absolute atomic E-state index is 0.143. The van der Waals surface area contributed by atoms with Crippen molar-refractivity contribution >= 4 is 46.2 Å². The zero-order valence-electron chi connectivity index (χ0n) is 15.7. The quantitative estimate of drug-likeness (QED) is 0.450. The lowest BCUT2D eigenvalue weighted by Gasteiger charge is -2.14. The second kappa shape index (κ2) is 8.72. The molecule has 0 aliphatic rings. The van der Waals surface area contributed by atoms with Gasteiger partial charge in [-0.2, -0.15) is 15.0 Å². The molecule has 0 spiro atoms. The summed E-state index contributed by atoms with van der Waals surface area (Å²) in [4.78, 5) is 31.9. The molecule has 0 aliphatic carbocycles. The van der Waals surface area contributed by atoms with Gasteiger partial charge in [0.1, 0.15) is 5.82 Å². The molecule has 0 radical (unpaired) electrons. The van der Waals surface area contributed by atoms with E-state index in [2.05, 4.69) is 19.9 Å². The first-order chi connectivity index (χ1) is 13.4. The highest BCUT2D eigenvalue weighted by Gasteiger charge is 2.14. The normalized spacial score (nSPS) is 11.1. The molecule has 1 aromatic carbocycles. The molecular weight excluding hydrogens is 402 g/mol. The topological polar surface area (TPSA) is 112 Å². The molecule has 2 N–H and O–H groups in total. The molecule has 0 bridgehead atoms. The Labute approximate surface area is 170 Å². The van der Waals surface area contributed by atoms with Crippen LogP contribution in [0.3, 0.4) is 0 Å². The van der Waals surface area contributed by atoms with Crippen molar-refractivity contribution < 1.29 is 4.74 Å². The molecule has 0 saturated heterocycles. The van der Waals surface area contributed by atoms with E-state index in [-0.39, 0.29) is 11.5 Å². The van der Waals surface area contributed by atoms with E-state index in [4.69, 9.17) is 22.1 Å². The van der Waals surface area contributed by atoms with Gasteiger partial charge in [0.2, 0.25) is 11.9 Å². The Morgan fingerprint density at radius 2 is 2.04 bits per heavy atom. The molecule has 0 unspecified atom stereocenters. The molecular formula is C17H20ClN7O2S. The molecule has 0 amide bonds. The monoisotopic (exact) mass is 421 g/mol. The van der Waals surface area contributed by atoms with Gasteiger partial charge in [0.25, 0.3) is 5.56 Å². The maximum atomic E-state index is 12.9. The van der Waals surface area contributed by atoms with Crippen LogP contribution in [0.15, 0.2) is 28.2 Å². The number of benzene rings is 1. The summed E-state index contributed by atoms with van der Waals surface area (Å²) in [6, 6.07) is 5.03. The minimum Gasteiger partial charge on any atom is -0.383 e. The highest BCUT2D eigenvalue weighted by Crippen LogP contribution is 2.23. The highest BCUT2D eigenvalue weighted by molar-refractivity contribution is 7.98. The second-order valence-corrected chi connectivity index (χ2v) is 7.48. The van der Waals surface area contributed by atoms with Crippen molar-refractivity contribution in [3.63, 3.8) is 0 Å². The standard InChI is InChI=1S/C17H20ClN7O2S/c1-24(2)16-22-13(21-15(19)23-16)9-28-17-20-12-8-10(18)4-5-11(12)14(26)25(17)6-7-27-3/h4-5,8H,6-7,9H2,1-3H3,(H2,19,21,22,23). The van der Waals surface area contributed by atoms with Gasteiger partial charge in [-0.1, -0.05) is 23.4 Å². The third-order valence-electron chi connectivity index (χ3n) is 3.82. The molecule has 3 rings (SSSR count). The van der Waals surface area contributed by atoms with E-state index in [0.29, 0.717) is 51.8 Å². The number of hydrogen-bond donors (Lipinski definition) is 1. The Bertz CT molecular complexity index is 1060. The zero-order valence-corrected chi connectivity index (χ0v) is 17.3. The SMILES string of the molecule is COCCn1c(SCc2nc(N)nc(N(C)C)n2)nc2cc(Cl)ccc2c1=O. The molecule has 0 fully saturated rings. The Kier molecular flexibility index (Phi) is 6.32. The first-order valence-electron chi connectivity index (χ1n) is 8.38. The van der Waals surface area contributed by atoms with Gasteiger partial charge in [0, 0.05) is 26.2 Å². The number of hydrogen-bond acceptors (Lipinski definition) is 9. The Hall–Kier alpha value is -2.43. The third-order valence-corrected chi connectivity index (χ3v) is 5.03. The lowest BCUT2D eigenvalue weighted by molar-refractivity contribution is 0.183. The summed E-state index contributed by atoms with van der Waals surface area (Å²) < 4.78 is 6.72. The fourth-order valence-corrected chi connectivity index (χ4v) is 3.53. The van der Waals surface area contributed by atoms with E-state index >= 15 is 0 Å². The summed E-state index contributed by atoms with van der Waals surface area (Å²) in [5, 5.41) is 1.55. The third kappa shape index (κ3) is 4.51. The Morgan fingerprint density at radius 3 is 2.75 bits per heavy atom. The van der Waals surface area contributed by atoms with Crippen molar-refractivity contribution in [3.05, 3.63) is 39.4 Å². The van der Waals surface area contributed by atoms with Crippen molar-refractivity contribution in [2.75, 3.05) is 38.4 Å². The number of thioether (sulfide) groups is 1. The summed E-state index contributed by atoms with van der Waals surface area (Å²) >= 11 is 7.40. The number of anilines is 2. The molecule has 28 heavy (non-hydrogen) atoms. The van der Waals surface area contributed by atoms with E-state index in [9.17, 15) is 4.79 Å². The van der Waals surface area contributed by atoms with Crippen LogP contribution in [-0.4, -0.2) is 52.3 Å². The van der Waals surface area contributed by atoms with Gasteiger partial charge < -0.3 is 15.4 Å². The predicted molar refractivity (Wildman–Crippen MR) is 111 cm³/mol. The van der Waals surface area contributed by atoms with Crippen LogP contribution in [0.2, 0.25) is 5.02 Å². The largest absolute Gasteiger partial charge is 0.383 e. The summed E-state index contributed by atoms with van der Waals surface area (Å²) in [7, 11) is 5.23. The average Bonchev–Trinajstić information content (AvgIpc) is 2.65. The molecule has 3 aromatic rings. The highest BCUT2D eigenvalue weighted by atomic mass is 35.5. The molecule has 0 aliphatic heterocycles. The van der Waals surface area contributed by atoms with Crippen molar-refractivity contribution in [1.82, 2.24) is 24.5 Å². The van der Waals surface area contributed by atoms with E-state index in [0.717, 1.165) is 0 Å². The first-order valence-corrected chi connectivity index (χ1v) is 9.75. The van der Waals surface area contributed by atoms with E-state index < -0.39 is 0 Å². The number of fused-ring (bicyclic) bond motifs is 1. The molecule has 2 heterocycles. The summed E-state index contributed by atoms with van der Waals surface area (Å²) in [6.07, 6.45) is 0. The maximum absolute atomic E-state index is 12.9. The fourth-order valence-electron chi connectivity index (χ4n) is 2.48. The van der Waals surface area contributed by atoms with Crippen LogP contribution in [0.5, 0.6) is 0 Å². The van der Waals surface area contributed by atoms with E-state index in [1.54, 1.807) is 34.8 Å². The van der Waals surface area contributed by atoms with Crippen LogP contribution in [0, 0.1) is 0 Å². The van der Waals surface area contributed by atoms with Gasteiger partial charge in [-0.15, -0.1) is 0 Å². The van der Waals surface area contributed by atoms with Crippen molar-refractivity contribution in [3.8, 4) is 0 Å². The number of nitrogen functional groups attached to an aromatic ring is 1. The van der Waals surface area contributed by atoms with Crippen LogP contribution in [0.4, 0.5) is 11.9 Å². The number of methoxy groups -OCH3 is 1. The molecule has 9 nitrogen and oxygen atoms in total. The molecule has 2 aromatic heterocycles. The lowest BCUT2D eigenvalue weighted by atomic mass is 10.2. The van der Waals surface area contributed by atoms with Crippen LogP contribution >= 0.6 is 23.4 Å². The molecule has 0 atom stereocenters. The van der Waals surface area contributed by atoms with Gasteiger partial charge in [-0.3, -0.25) is 9.36 Å². The number of nitrogens with zero attached hydrogens (tertiary/aromatic N) is 6. The number of nitrogens with two attached hydrogens (primary N) is 1. The summed E-state index contributed by atoms with van der Waals surface area (Å²) in [5.41, 5.74) is 6.17. The second-order valence-electron chi connectivity index (χ2n) is 6.10. The number of aromatic nitrogens is 5. The average molecular weight is 422 g/mol. The summed E-state index contributed by atoms with van der Waals surface area (Å²) in [5.74, 6) is 1.49. The summed E-state index contributed by atoms with van der Waals surface area (Å²) in [6.45, 7) is 0.767. The predicted octanol–water partition coefficient (Wildman–Crippen LogP) is 1.82. The van der Waals surface area contributed by atoms with Gasteiger partial charge in [-0.25, -0.2) is 4.98 Å². The molecule has 148 valence electrons. The lowest BCUT2D eigenvalue weighted by Crippen LogP contribution is -2.25. The maximum Gasteiger partial charge on any atom is 0.262 e. The molecule has 0 saturated carbocycles. The van der Waals surface area contributed by atoms with Gasteiger partial charge >= 0.3 is 0 Å². The van der Waals surface area contributed by atoms with Crippen LogP contribution in [0.25, 0.3) is 10.9 Å². The van der Waals surface area contributed by atoms with E-state index in [1.165, 1.54) is 11.8 Å². The fraction of sp³-hybridized carbons (Fsp3) is 0.353. The van der Waals surface area contributed by atoms with Crippen LogP contribution < -0.4 is 16.2 Å². The van der Waals surface area contributed by atoms with Gasteiger partial charge in [0.15, 0.2) is 5.16 Å². The van der Waals surface area contributed by atoms with Gasteiger partial charge in [-0.05, 0) is 18.2 Å². The number of ether oxygens (including phenoxy) is 1. The van der Waals surface area contributed by atoms with Gasteiger partial charge in [0.05, 0.1) is 29.8 Å². The Morgan fingerprint density at radius 1 is 1.25 bits per heavy atom. The van der Waals surface area contributed by atoms with Crippen LogP contribution in [0.1, 0.15) is 5.82 Å². The number of halogens is 1. The first kappa shape index (κ1) is 20.3. The molecule has 11 heteroatoms. The zero-order chi connectivity index (χ0) is 20.3. The number of rotatable bonds is 7. The van der Waals surface area contributed by atoms with Crippen LogP contribution in [-0.2, 0) is 17.0 Å². The Balaban J connectivity index is 1.98. The smallest absolute Gasteiger partial charge is 0.262 e.